The van der Waals surface area contributed by atoms with Gasteiger partial charge in [0.25, 0.3) is 5.56 Å². The lowest BCUT2D eigenvalue weighted by atomic mass is 9.88. The molecule has 1 aliphatic rings. The van der Waals surface area contributed by atoms with Gasteiger partial charge in [0.1, 0.15) is 0 Å². The number of aromatic nitrogens is 3. The summed E-state index contributed by atoms with van der Waals surface area (Å²) in [4.78, 5) is 19.6. The highest BCUT2D eigenvalue weighted by atomic mass is 32.1. The summed E-state index contributed by atoms with van der Waals surface area (Å²) in [7, 11) is 2.07. The Balaban J connectivity index is 1.65. The lowest BCUT2D eigenvalue weighted by molar-refractivity contribution is 0.545. The molecule has 2 aromatic heterocycles. The van der Waals surface area contributed by atoms with Gasteiger partial charge < -0.3 is 4.90 Å². The van der Waals surface area contributed by atoms with Crippen molar-refractivity contribution in [3.63, 3.8) is 0 Å². The second-order valence-electron chi connectivity index (χ2n) is 6.29. The summed E-state index contributed by atoms with van der Waals surface area (Å²) in [6.07, 6.45) is 3.97. The van der Waals surface area contributed by atoms with Crippen LogP contribution in [0.1, 0.15) is 30.2 Å². The number of rotatable bonds is 3. The van der Waals surface area contributed by atoms with Gasteiger partial charge in [-0.3, -0.25) is 4.79 Å². The molecule has 3 aromatic rings. The molecule has 0 saturated carbocycles. The van der Waals surface area contributed by atoms with Gasteiger partial charge in [-0.1, -0.05) is 42.5 Å². The Morgan fingerprint density at radius 1 is 1.33 bits per heavy atom. The van der Waals surface area contributed by atoms with E-state index in [2.05, 4.69) is 46.3 Å². The van der Waals surface area contributed by atoms with Gasteiger partial charge in [-0.15, -0.1) is 5.10 Å². The van der Waals surface area contributed by atoms with Crippen molar-refractivity contribution in [1.29, 1.82) is 0 Å². The Hall–Kier alpha value is -2.21. The minimum absolute atomic E-state index is 0.0956. The monoisotopic (exact) mass is 340 g/mol. The average Bonchev–Trinajstić information content (AvgIpc) is 3.05. The van der Waals surface area contributed by atoms with E-state index in [0.29, 0.717) is 11.0 Å². The molecule has 0 saturated heterocycles. The van der Waals surface area contributed by atoms with Gasteiger partial charge in [-0.05, 0) is 36.8 Å². The molecular weight excluding hydrogens is 320 g/mol. The fraction of sp³-hybridized carbons (Fsp3) is 0.389. The normalized spacial score (nSPS) is 17.0. The Labute approximate surface area is 144 Å². The SMILES string of the molecule is CCc1cc(=O)n2nc(N(C)C3CCc4ccccc4C3)sc2n1. The van der Waals surface area contributed by atoms with Crippen LogP contribution in [-0.2, 0) is 19.3 Å². The summed E-state index contributed by atoms with van der Waals surface area (Å²) >= 11 is 1.49. The van der Waals surface area contributed by atoms with Crippen LogP contribution >= 0.6 is 11.3 Å². The summed E-state index contributed by atoms with van der Waals surface area (Å²) in [6.45, 7) is 2.01. The number of anilines is 1. The van der Waals surface area contributed by atoms with Crippen molar-refractivity contribution in [2.24, 2.45) is 0 Å². The quantitative estimate of drug-likeness (QED) is 0.736. The van der Waals surface area contributed by atoms with Gasteiger partial charge in [0.05, 0.1) is 0 Å². The average molecular weight is 340 g/mol. The maximum Gasteiger partial charge on any atom is 0.275 e. The Bertz CT molecular complexity index is 946. The van der Waals surface area contributed by atoms with Crippen molar-refractivity contribution in [2.45, 2.75) is 38.6 Å². The number of benzene rings is 1. The van der Waals surface area contributed by atoms with E-state index in [1.165, 1.54) is 27.0 Å². The van der Waals surface area contributed by atoms with Crippen LogP contribution in [0.4, 0.5) is 5.13 Å². The molecule has 0 spiro atoms. The highest BCUT2D eigenvalue weighted by molar-refractivity contribution is 7.20. The van der Waals surface area contributed by atoms with E-state index >= 15 is 0 Å². The topological polar surface area (TPSA) is 50.5 Å². The van der Waals surface area contributed by atoms with Crippen molar-refractivity contribution in [3.8, 4) is 0 Å². The van der Waals surface area contributed by atoms with E-state index in [9.17, 15) is 4.79 Å². The number of hydrogen-bond acceptors (Lipinski definition) is 5. The molecule has 0 radical (unpaired) electrons. The molecule has 1 unspecified atom stereocenters. The van der Waals surface area contributed by atoms with Crippen molar-refractivity contribution >= 4 is 21.4 Å². The molecule has 0 N–H and O–H groups in total. The molecule has 24 heavy (non-hydrogen) atoms. The van der Waals surface area contributed by atoms with Gasteiger partial charge in [0.15, 0.2) is 0 Å². The predicted molar refractivity (Wildman–Crippen MR) is 97.2 cm³/mol. The zero-order valence-corrected chi connectivity index (χ0v) is 14.7. The maximum atomic E-state index is 12.2. The smallest absolute Gasteiger partial charge is 0.275 e. The molecule has 5 nitrogen and oxygen atoms in total. The minimum Gasteiger partial charge on any atom is -0.346 e. The molecule has 1 atom stereocenters. The lowest BCUT2D eigenvalue weighted by Crippen LogP contribution is -2.36. The second-order valence-corrected chi connectivity index (χ2v) is 7.23. The van der Waals surface area contributed by atoms with Gasteiger partial charge in [-0.25, -0.2) is 4.98 Å². The largest absolute Gasteiger partial charge is 0.346 e. The number of nitrogens with zero attached hydrogens (tertiary/aromatic N) is 4. The van der Waals surface area contributed by atoms with Crippen LogP contribution in [-0.4, -0.2) is 27.7 Å². The fourth-order valence-corrected chi connectivity index (χ4v) is 4.29. The molecule has 1 aromatic carbocycles. The summed E-state index contributed by atoms with van der Waals surface area (Å²) in [5, 5.41) is 5.36. The first-order valence-electron chi connectivity index (χ1n) is 8.35. The van der Waals surface area contributed by atoms with Crippen molar-refractivity contribution in [2.75, 3.05) is 11.9 Å². The summed E-state index contributed by atoms with van der Waals surface area (Å²) < 4.78 is 1.42. The van der Waals surface area contributed by atoms with Crippen LogP contribution in [0.3, 0.4) is 0 Å². The van der Waals surface area contributed by atoms with E-state index in [1.54, 1.807) is 6.07 Å². The standard InChI is InChI=1S/C18H20N4OS/c1-3-14-11-16(23)22-17(19-14)24-18(20-22)21(2)15-9-8-12-6-4-5-7-13(12)10-15/h4-7,11,15H,3,8-10H2,1-2H3. The summed E-state index contributed by atoms with van der Waals surface area (Å²) in [6, 6.07) is 10.6. The molecule has 0 bridgehead atoms. The molecule has 2 heterocycles. The van der Waals surface area contributed by atoms with E-state index < -0.39 is 0 Å². The van der Waals surface area contributed by atoms with Crippen molar-refractivity contribution in [1.82, 2.24) is 14.6 Å². The van der Waals surface area contributed by atoms with Gasteiger partial charge in [0, 0.05) is 24.8 Å². The van der Waals surface area contributed by atoms with Crippen molar-refractivity contribution in [3.05, 3.63) is 57.5 Å². The van der Waals surface area contributed by atoms with E-state index in [0.717, 1.165) is 36.5 Å². The summed E-state index contributed by atoms with van der Waals surface area (Å²) in [5.74, 6) is 0. The molecule has 4 rings (SSSR count). The van der Waals surface area contributed by atoms with E-state index in [1.807, 2.05) is 6.92 Å². The van der Waals surface area contributed by atoms with E-state index in [4.69, 9.17) is 0 Å². The number of likely N-dealkylation sites (N-methyl/N-ethyl adjacent to an activating group) is 1. The van der Waals surface area contributed by atoms with Gasteiger partial charge in [-0.2, -0.15) is 4.52 Å². The van der Waals surface area contributed by atoms with Crippen LogP contribution in [0.2, 0.25) is 0 Å². The third-order valence-electron chi connectivity index (χ3n) is 4.82. The van der Waals surface area contributed by atoms with E-state index in [-0.39, 0.29) is 5.56 Å². The Morgan fingerprint density at radius 2 is 2.12 bits per heavy atom. The lowest BCUT2D eigenvalue weighted by Gasteiger charge is -2.31. The molecule has 0 fully saturated rings. The number of hydrogen-bond donors (Lipinski definition) is 0. The van der Waals surface area contributed by atoms with Gasteiger partial charge in [0.2, 0.25) is 10.1 Å². The van der Waals surface area contributed by atoms with Crippen LogP contribution in [0.5, 0.6) is 0 Å². The fourth-order valence-electron chi connectivity index (χ4n) is 3.34. The zero-order valence-electron chi connectivity index (χ0n) is 13.9. The summed E-state index contributed by atoms with van der Waals surface area (Å²) in [5.41, 5.74) is 3.60. The first-order chi connectivity index (χ1) is 11.7. The molecule has 0 aliphatic heterocycles. The molecular formula is C18H20N4OS. The number of aryl methyl sites for hydroxylation is 2. The third kappa shape index (κ3) is 2.60. The van der Waals surface area contributed by atoms with Crippen LogP contribution < -0.4 is 10.5 Å². The highest BCUT2D eigenvalue weighted by Gasteiger charge is 2.24. The molecule has 0 amide bonds. The number of fused-ring (bicyclic) bond motifs is 2. The Morgan fingerprint density at radius 3 is 2.92 bits per heavy atom. The van der Waals surface area contributed by atoms with Crippen LogP contribution in [0.25, 0.3) is 4.96 Å². The highest BCUT2D eigenvalue weighted by Crippen LogP contribution is 2.29. The first kappa shape index (κ1) is 15.3. The predicted octanol–water partition coefficient (Wildman–Crippen LogP) is 2.71. The molecule has 124 valence electrons. The molecule has 6 heteroatoms. The second kappa shape index (κ2) is 6.02. The first-order valence-corrected chi connectivity index (χ1v) is 9.16. The zero-order chi connectivity index (χ0) is 16.7. The molecule has 1 aliphatic carbocycles. The van der Waals surface area contributed by atoms with Crippen molar-refractivity contribution < 1.29 is 0 Å². The Kier molecular flexibility index (Phi) is 3.84. The van der Waals surface area contributed by atoms with Gasteiger partial charge >= 0.3 is 0 Å². The third-order valence-corrected chi connectivity index (χ3v) is 5.82. The van der Waals surface area contributed by atoms with Crippen LogP contribution in [0, 0.1) is 0 Å². The minimum atomic E-state index is -0.0956. The van der Waals surface area contributed by atoms with Crippen LogP contribution in [0.15, 0.2) is 35.1 Å². The maximum absolute atomic E-state index is 12.2.